The van der Waals surface area contributed by atoms with Gasteiger partial charge in [0, 0.05) is 16.6 Å². The van der Waals surface area contributed by atoms with Gasteiger partial charge in [-0.1, -0.05) is 34.1 Å². The zero-order valence-electron chi connectivity index (χ0n) is 8.02. The average molecular weight is 264 g/mol. The van der Waals surface area contributed by atoms with E-state index in [2.05, 4.69) is 25.9 Å². The highest BCUT2D eigenvalue weighted by Gasteiger charge is 2.03. The number of benzene rings is 1. The van der Waals surface area contributed by atoms with E-state index in [1.807, 2.05) is 24.3 Å². The second kappa shape index (κ2) is 4.51. The number of rotatable bonds is 2. The Hall–Kier alpha value is -1.26. The lowest BCUT2D eigenvalue weighted by Crippen LogP contribution is -2.00. The summed E-state index contributed by atoms with van der Waals surface area (Å²) in [5.41, 5.74) is 8.14. The van der Waals surface area contributed by atoms with Gasteiger partial charge < -0.3 is 5.73 Å². The van der Waals surface area contributed by atoms with Crippen molar-refractivity contribution in [1.29, 1.82) is 0 Å². The Balaban J connectivity index is 2.42. The van der Waals surface area contributed by atoms with Crippen LogP contribution in [0.25, 0.3) is 11.3 Å². The van der Waals surface area contributed by atoms with Crippen molar-refractivity contribution in [3.8, 4) is 11.3 Å². The molecule has 0 amide bonds. The lowest BCUT2D eigenvalue weighted by Gasteiger charge is -2.03. The van der Waals surface area contributed by atoms with Crippen molar-refractivity contribution in [3.63, 3.8) is 0 Å². The second-order valence-corrected chi connectivity index (χ2v) is 3.93. The van der Waals surface area contributed by atoms with Gasteiger partial charge in [-0.15, -0.1) is 0 Å². The van der Waals surface area contributed by atoms with Gasteiger partial charge in [-0.05, 0) is 6.07 Å². The quantitative estimate of drug-likeness (QED) is 0.905. The first-order chi connectivity index (χ1) is 7.31. The molecule has 2 rings (SSSR count). The predicted molar refractivity (Wildman–Crippen MR) is 63.1 cm³/mol. The molecule has 0 unspecified atom stereocenters. The maximum Gasteiger partial charge on any atom is 0.0896 e. The molecule has 1 heterocycles. The molecule has 0 bridgehead atoms. The van der Waals surface area contributed by atoms with Gasteiger partial charge >= 0.3 is 0 Å². The van der Waals surface area contributed by atoms with E-state index in [0.717, 1.165) is 21.4 Å². The molecule has 0 atom stereocenters. The third-order valence-electron chi connectivity index (χ3n) is 2.06. The zero-order valence-corrected chi connectivity index (χ0v) is 9.61. The summed E-state index contributed by atoms with van der Waals surface area (Å²) < 4.78 is 1.01. The van der Waals surface area contributed by atoms with Gasteiger partial charge in [0.05, 0.1) is 23.8 Å². The number of hydrogen-bond donors (Lipinski definition) is 1. The molecular formula is C11H10BrN3. The van der Waals surface area contributed by atoms with E-state index < -0.39 is 0 Å². The summed E-state index contributed by atoms with van der Waals surface area (Å²) in [6.07, 6.45) is 3.44. The van der Waals surface area contributed by atoms with Crippen molar-refractivity contribution in [2.24, 2.45) is 5.73 Å². The lowest BCUT2D eigenvalue weighted by molar-refractivity contribution is 0.966. The van der Waals surface area contributed by atoms with Crippen LogP contribution in [0.15, 0.2) is 41.1 Å². The zero-order chi connectivity index (χ0) is 10.7. The maximum absolute atomic E-state index is 5.46. The first kappa shape index (κ1) is 10.3. The van der Waals surface area contributed by atoms with Crippen LogP contribution in [0.2, 0.25) is 0 Å². The van der Waals surface area contributed by atoms with Crippen molar-refractivity contribution in [3.05, 3.63) is 46.8 Å². The molecule has 1 aromatic heterocycles. The molecule has 0 aliphatic carbocycles. The van der Waals surface area contributed by atoms with E-state index in [0.29, 0.717) is 6.54 Å². The molecule has 0 spiro atoms. The van der Waals surface area contributed by atoms with Crippen LogP contribution in [0.1, 0.15) is 5.69 Å². The van der Waals surface area contributed by atoms with Crippen molar-refractivity contribution in [1.82, 2.24) is 9.97 Å². The number of hydrogen-bond acceptors (Lipinski definition) is 3. The normalized spacial score (nSPS) is 10.3. The van der Waals surface area contributed by atoms with Crippen LogP contribution in [-0.4, -0.2) is 9.97 Å². The van der Waals surface area contributed by atoms with Gasteiger partial charge in [0.25, 0.3) is 0 Å². The van der Waals surface area contributed by atoms with Crippen LogP contribution in [0.3, 0.4) is 0 Å². The summed E-state index contributed by atoms with van der Waals surface area (Å²) in [6, 6.07) is 7.91. The van der Waals surface area contributed by atoms with Crippen molar-refractivity contribution in [2.75, 3.05) is 0 Å². The molecule has 0 aliphatic rings. The van der Waals surface area contributed by atoms with Gasteiger partial charge in [-0.3, -0.25) is 9.97 Å². The highest BCUT2D eigenvalue weighted by atomic mass is 79.9. The van der Waals surface area contributed by atoms with Gasteiger partial charge in [-0.25, -0.2) is 0 Å². The number of aromatic nitrogens is 2. The maximum atomic E-state index is 5.46. The van der Waals surface area contributed by atoms with Gasteiger partial charge in [0.2, 0.25) is 0 Å². The largest absolute Gasteiger partial charge is 0.325 e. The monoisotopic (exact) mass is 263 g/mol. The van der Waals surface area contributed by atoms with E-state index >= 15 is 0 Å². The molecule has 0 saturated carbocycles. The van der Waals surface area contributed by atoms with E-state index in [9.17, 15) is 0 Å². The Morgan fingerprint density at radius 3 is 2.53 bits per heavy atom. The van der Waals surface area contributed by atoms with Crippen LogP contribution >= 0.6 is 15.9 Å². The predicted octanol–water partition coefficient (Wildman–Crippen LogP) is 2.36. The molecule has 0 radical (unpaired) electrons. The molecule has 4 heteroatoms. The highest BCUT2D eigenvalue weighted by Crippen LogP contribution is 2.25. The summed E-state index contributed by atoms with van der Waals surface area (Å²) in [6.45, 7) is 0.420. The molecule has 3 nitrogen and oxygen atoms in total. The van der Waals surface area contributed by atoms with E-state index in [1.54, 1.807) is 12.4 Å². The molecule has 0 fully saturated rings. The average Bonchev–Trinajstić information content (AvgIpc) is 2.30. The number of nitrogens with two attached hydrogens (primary N) is 1. The number of halogens is 1. The van der Waals surface area contributed by atoms with Gasteiger partial charge in [0.15, 0.2) is 0 Å². The molecule has 76 valence electrons. The topological polar surface area (TPSA) is 51.8 Å². The van der Waals surface area contributed by atoms with Crippen molar-refractivity contribution >= 4 is 15.9 Å². The molecule has 15 heavy (non-hydrogen) atoms. The number of nitrogens with zero attached hydrogens (tertiary/aromatic N) is 2. The minimum atomic E-state index is 0.420. The SMILES string of the molecule is NCc1cnc(-c2ccccc2Br)cn1. The Labute approximate surface area is 96.5 Å². The molecule has 0 aliphatic heterocycles. The second-order valence-electron chi connectivity index (χ2n) is 3.08. The van der Waals surface area contributed by atoms with E-state index in [-0.39, 0.29) is 0 Å². The Morgan fingerprint density at radius 2 is 1.93 bits per heavy atom. The first-order valence-corrected chi connectivity index (χ1v) is 5.36. The van der Waals surface area contributed by atoms with Gasteiger partial charge in [0.1, 0.15) is 0 Å². The van der Waals surface area contributed by atoms with Crippen molar-refractivity contribution in [2.45, 2.75) is 6.54 Å². The summed E-state index contributed by atoms with van der Waals surface area (Å²) in [5.74, 6) is 0. The summed E-state index contributed by atoms with van der Waals surface area (Å²) in [7, 11) is 0. The Morgan fingerprint density at radius 1 is 1.13 bits per heavy atom. The van der Waals surface area contributed by atoms with E-state index in [1.165, 1.54) is 0 Å². The Kier molecular flexibility index (Phi) is 3.08. The van der Waals surface area contributed by atoms with Crippen LogP contribution in [-0.2, 0) is 6.54 Å². The third-order valence-corrected chi connectivity index (χ3v) is 2.76. The fourth-order valence-electron chi connectivity index (χ4n) is 1.27. The minimum Gasteiger partial charge on any atom is -0.325 e. The van der Waals surface area contributed by atoms with Crippen molar-refractivity contribution < 1.29 is 0 Å². The molecule has 1 aromatic carbocycles. The van der Waals surface area contributed by atoms with Crippen LogP contribution < -0.4 is 5.73 Å². The fraction of sp³-hybridized carbons (Fsp3) is 0.0909. The molecule has 2 aromatic rings. The first-order valence-electron chi connectivity index (χ1n) is 4.57. The highest BCUT2D eigenvalue weighted by molar-refractivity contribution is 9.10. The van der Waals surface area contributed by atoms with Gasteiger partial charge in [-0.2, -0.15) is 0 Å². The Bertz CT molecular complexity index is 454. The molecular weight excluding hydrogens is 254 g/mol. The summed E-state index contributed by atoms with van der Waals surface area (Å²) >= 11 is 3.48. The smallest absolute Gasteiger partial charge is 0.0896 e. The fourth-order valence-corrected chi connectivity index (χ4v) is 1.76. The van der Waals surface area contributed by atoms with Crippen LogP contribution in [0, 0.1) is 0 Å². The van der Waals surface area contributed by atoms with Crippen LogP contribution in [0.5, 0.6) is 0 Å². The third kappa shape index (κ3) is 2.22. The minimum absolute atomic E-state index is 0.420. The summed E-state index contributed by atoms with van der Waals surface area (Å²) in [4.78, 5) is 8.51. The lowest BCUT2D eigenvalue weighted by atomic mass is 10.2. The molecule has 0 saturated heterocycles. The van der Waals surface area contributed by atoms with E-state index in [4.69, 9.17) is 5.73 Å². The summed E-state index contributed by atoms with van der Waals surface area (Å²) in [5, 5.41) is 0. The standard InChI is InChI=1S/C11H10BrN3/c12-10-4-2-1-3-9(10)11-7-14-8(5-13)6-15-11/h1-4,6-7H,5,13H2. The molecule has 2 N–H and O–H groups in total. The van der Waals surface area contributed by atoms with Crippen LogP contribution in [0.4, 0.5) is 0 Å².